The van der Waals surface area contributed by atoms with E-state index in [4.69, 9.17) is 39.5 Å². The van der Waals surface area contributed by atoms with Crippen LogP contribution in [0.5, 0.6) is 5.75 Å². The Labute approximate surface area is 139 Å². The highest BCUT2D eigenvalue weighted by Gasteiger charge is 2.32. The molecule has 0 saturated heterocycles. The van der Waals surface area contributed by atoms with Gasteiger partial charge >= 0.3 is 0 Å². The molecule has 112 valence electrons. The van der Waals surface area contributed by atoms with Crippen molar-refractivity contribution in [1.29, 1.82) is 0 Å². The second kappa shape index (κ2) is 6.91. The standard InChI is InChI=1S/C11H9Cl3N4O2S/c1-21-11(15-17-18-16-11)4-5-20-9-7(12)3-2-6(8(9)13)10(14)19/h2-3H,4-5H2,1H3. The SMILES string of the molecule is CSC1(CCOc2c(Cl)ccc(C(=O)Cl)c2Cl)N=NN=N1. The highest BCUT2D eigenvalue weighted by molar-refractivity contribution is 7.99. The molecule has 0 radical (unpaired) electrons. The molecule has 0 unspecified atom stereocenters. The van der Waals surface area contributed by atoms with Crippen molar-refractivity contribution in [2.75, 3.05) is 12.9 Å². The fraction of sp³-hybridized carbons (Fsp3) is 0.364. The van der Waals surface area contributed by atoms with E-state index in [0.717, 1.165) is 0 Å². The third kappa shape index (κ3) is 3.66. The zero-order valence-electron chi connectivity index (χ0n) is 10.7. The summed E-state index contributed by atoms with van der Waals surface area (Å²) >= 11 is 18.9. The Balaban J connectivity index is 2.10. The highest BCUT2D eigenvalue weighted by atomic mass is 35.5. The molecule has 0 aromatic heterocycles. The molecule has 1 aliphatic heterocycles. The van der Waals surface area contributed by atoms with Crippen LogP contribution in [-0.2, 0) is 0 Å². The van der Waals surface area contributed by atoms with Crippen LogP contribution in [0.4, 0.5) is 0 Å². The van der Waals surface area contributed by atoms with Gasteiger partial charge < -0.3 is 4.74 Å². The number of rotatable bonds is 6. The van der Waals surface area contributed by atoms with Crippen molar-refractivity contribution in [3.63, 3.8) is 0 Å². The number of ether oxygens (including phenoxy) is 1. The number of carbonyl (C=O) groups is 1. The van der Waals surface area contributed by atoms with Crippen LogP contribution >= 0.6 is 46.6 Å². The molecule has 0 fully saturated rings. The van der Waals surface area contributed by atoms with Crippen molar-refractivity contribution in [2.24, 2.45) is 20.7 Å². The zero-order chi connectivity index (χ0) is 15.5. The number of carbonyl (C=O) groups excluding carboxylic acids is 1. The molecule has 0 amide bonds. The molecular weight excluding hydrogens is 359 g/mol. The molecule has 1 aromatic rings. The third-order valence-corrected chi connectivity index (χ3v) is 4.60. The van der Waals surface area contributed by atoms with Crippen LogP contribution in [0, 0.1) is 0 Å². The maximum absolute atomic E-state index is 11.2. The molecule has 2 rings (SSSR count). The summed E-state index contributed by atoms with van der Waals surface area (Å²) < 4.78 is 5.56. The summed E-state index contributed by atoms with van der Waals surface area (Å²) in [6.07, 6.45) is 2.27. The molecule has 0 bridgehead atoms. The molecule has 0 saturated carbocycles. The van der Waals surface area contributed by atoms with Crippen LogP contribution in [0.15, 0.2) is 32.8 Å². The predicted molar refractivity (Wildman–Crippen MR) is 82.7 cm³/mol. The van der Waals surface area contributed by atoms with Crippen LogP contribution in [-0.4, -0.2) is 23.1 Å². The first kappa shape index (κ1) is 16.5. The van der Waals surface area contributed by atoms with Crippen molar-refractivity contribution in [3.8, 4) is 5.75 Å². The van der Waals surface area contributed by atoms with Crippen molar-refractivity contribution < 1.29 is 9.53 Å². The average molecular weight is 368 g/mol. The maximum Gasteiger partial charge on any atom is 0.254 e. The zero-order valence-corrected chi connectivity index (χ0v) is 13.8. The molecular formula is C11H9Cl3N4O2S. The van der Waals surface area contributed by atoms with E-state index in [9.17, 15) is 4.79 Å². The summed E-state index contributed by atoms with van der Waals surface area (Å²) in [6.45, 7) is 0.220. The minimum atomic E-state index is -0.779. The molecule has 10 heteroatoms. The molecule has 0 spiro atoms. The van der Waals surface area contributed by atoms with Gasteiger partial charge in [-0.25, -0.2) is 0 Å². The first-order chi connectivity index (χ1) is 9.99. The number of halogens is 3. The minimum Gasteiger partial charge on any atom is -0.490 e. The Bertz CT molecular complexity index is 612. The van der Waals surface area contributed by atoms with E-state index in [-0.39, 0.29) is 28.0 Å². The average Bonchev–Trinajstić information content (AvgIpc) is 2.91. The predicted octanol–water partition coefficient (Wildman–Crippen LogP) is 4.99. The monoisotopic (exact) mass is 366 g/mol. The quantitative estimate of drug-likeness (QED) is 0.664. The van der Waals surface area contributed by atoms with Crippen LogP contribution in [0.3, 0.4) is 0 Å². The first-order valence-electron chi connectivity index (χ1n) is 5.69. The van der Waals surface area contributed by atoms with Crippen LogP contribution in [0.1, 0.15) is 16.8 Å². The van der Waals surface area contributed by atoms with Gasteiger partial charge in [0.1, 0.15) is 0 Å². The Hall–Kier alpha value is -0.890. The summed E-state index contributed by atoms with van der Waals surface area (Å²) in [5, 5.41) is 14.6. The largest absolute Gasteiger partial charge is 0.490 e. The Morgan fingerprint density at radius 2 is 2.00 bits per heavy atom. The molecule has 1 aromatic carbocycles. The Morgan fingerprint density at radius 3 is 2.57 bits per heavy atom. The van der Waals surface area contributed by atoms with Gasteiger partial charge in [0.2, 0.25) is 4.99 Å². The lowest BCUT2D eigenvalue weighted by Crippen LogP contribution is -2.19. The molecule has 1 heterocycles. The van der Waals surface area contributed by atoms with Crippen molar-refractivity contribution in [3.05, 3.63) is 27.7 Å². The molecule has 1 aliphatic rings. The number of hydrogen-bond donors (Lipinski definition) is 0. The number of thioether (sulfide) groups is 1. The van der Waals surface area contributed by atoms with Gasteiger partial charge in [0, 0.05) is 6.42 Å². The minimum absolute atomic E-state index is 0.0791. The van der Waals surface area contributed by atoms with Gasteiger partial charge in [-0.1, -0.05) is 23.2 Å². The smallest absolute Gasteiger partial charge is 0.254 e. The topological polar surface area (TPSA) is 75.7 Å². The van der Waals surface area contributed by atoms with E-state index < -0.39 is 10.2 Å². The number of benzene rings is 1. The Morgan fingerprint density at radius 1 is 1.33 bits per heavy atom. The van der Waals surface area contributed by atoms with Gasteiger partial charge in [0.05, 0.1) is 22.2 Å². The van der Waals surface area contributed by atoms with E-state index in [2.05, 4.69) is 20.7 Å². The second-order valence-corrected chi connectivity index (χ2v) is 6.13. The fourth-order valence-corrected chi connectivity index (χ4v) is 2.88. The summed E-state index contributed by atoms with van der Waals surface area (Å²) in [7, 11) is 0. The lowest BCUT2D eigenvalue weighted by atomic mass is 10.2. The van der Waals surface area contributed by atoms with Crippen molar-refractivity contribution >= 4 is 51.8 Å². The molecule has 0 atom stereocenters. The summed E-state index contributed by atoms with van der Waals surface area (Å²) in [5.41, 5.74) is 0.137. The van der Waals surface area contributed by atoms with E-state index >= 15 is 0 Å². The summed E-state index contributed by atoms with van der Waals surface area (Å²) in [5.74, 6) is 0.202. The van der Waals surface area contributed by atoms with Crippen LogP contribution in [0.2, 0.25) is 10.0 Å². The normalized spacial score (nSPS) is 15.4. The summed E-state index contributed by atoms with van der Waals surface area (Å²) in [6, 6.07) is 2.94. The highest BCUT2D eigenvalue weighted by Crippen LogP contribution is 2.38. The van der Waals surface area contributed by atoms with Crippen LogP contribution in [0.25, 0.3) is 0 Å². The molecule has 0 N–H and O–H groups in total. The number of hydrogen-bond acceptors (Lipinski definition) is 7. The summed E-state index contributed by atoms with van der Waals surface area (Å²) in [4.78, 5) is 10.5. The van der Waals surface area contributed by atoms with E-state index in [1.165, 1.54) is 23.9 Å². The van der Waals surface area contributed by atoms with E-state index in [1.54, 1.807) is 0 Å². The maximum atomic E-state index is 11.2. The van der Waals surface area contributed by atoms with Gasteiger partial charge in [-0.15, -0.1) is 22.0 Å². The number of nitrogens with zero attached hydrogens (tertiary/aromatic N) is 4. The van der Waals surface area contributed by atoms with Gasteiger partial charge in [0.15, 0.2) is 5.75 Å². The third-order valence-electron chi connectivity index (χ3n) is 2.70. The molecule has 21 heavy (non-hydrogen) atoms. The lowest BCUT2D eigenvalue weighted by Gasteiger charge is -2.18. The second-order valence-electron chi connectivity index (χ2n) is 3.94. The van der Waals surface area contributed by atoms with E-state index in [1.807, 2.05) is 6.26 Å². The fourth-order valence-electron chi connectivity index (χ4n) is 1.59. The van der Waals surface area contributed by atoms with Crippen molar-refractivity contribution in [2.45, 2.75) is 11.4 Å². The molecule has 6 nitrogen and oxygen atoms in total. The van der Waals surface area contributed by atoms with Gasteiger partial charge in [-0.2, -0.15) is 0 Å². The Kier molecular flexibility index (Phi) is 5.43. The molecule has 0 aliphatic carbocycles. The first-order valence-corrected chi connectivity index (χ1v) is 8.05. The van der Waals surface area contributed by atoms with Crippen LogP contribution < -0.4 is 4.74 Å². The van der Waals surface area contributed by atoms with Crippen molar-refractivity contribution in [1.82, 2.24) is 0 Å². The van der Waals surface area contributed by atoms with E-state index in [0.29, 0.717) is 6.42 Å². The van der Waals surface area contributed by atoms with Gasteiger partial charge in [-0.05, 0) is 40.4 Å². The lowest BCUT2D eigenvalue weighted by molar-refractivity contribution is 0.108. The van der Waals surface area contributed by atoms with Gasteiger partial charge in [0.25, 0.3) is 5.24 Å². The van der Waals surface area contributed by atoms with Gasteiger partial charge in [-0.3, -0.25) is 4.79 Å².